The van der Waals surface area contributed by atoms with E-state index < -0.39 is 0 Å². The fraction of sp³-hybridized carbons (Fsp3) is 0.0667. The normalized spacial score (nSPS) is 10.5. The van der Waals surface area contributed by atoms with Crippen molar-refractivity contribution in [1.29, 1.82) is 0 Å². The summed E-state index contributed by atoms with van der Waals surface area (Å²) in [6, 6.07) is 20.4. The predicted molar refractivity (Wildman–Crippen MR) is 81.9 cm³/mol. The Morgan fingerprint density at radius 2 is 1.58 bits per heavy atom. The second kappa shape index (κ2) is 5.47. The minimum atomic E-state index is 0.782. The lowest BCUT2D eigenvalue weighted by atomic mass is 10.2. The first-order valence-corrected chi connectivity index (χ1v) is 7.15. The molecule has 0 unspecified atom stereocenters. The van der Waals surface area contributed by atoms with Gasteiger partial charge in [0.1, 0.15) is 10.3 Å². The molecule has 3 aromatic rings. The molecule has 0 bridgehead atoms. The van der Waals surface area contributed by atoms with Crippen molar-refractivity contribution in [2.75, 3.05) is 0 Å². The third kappa shape index (κ3) is 2.64. The van der Waals surface area contributed by atoms with Crippen molar-refractivity contribution in [3.05, 3.63) is 70.9 Å². The molecule has 0 aliphatic rings. The Morgan fingerprint density at radius 1 is 0.947 bits per heavy atom. The molecule has 0 N–H and O–H groups in total. The average molecular weight is 284 g/mol. The molecule has 2 nitrogen and oxygen atoms in total. The van der Waals surface area contributed by atoms with Crippen molar-refractivity contribution in [3.8, 4) is 11.3 Å². The summed E-state index contributed by atoms with van der Waals surface area (Å²) in [5, 5.41) is 0. The molecule has 19 heavy (non-hydrogen) atoms. The van der Waals surface area contributed by atoms with Gasteiger partial charge in [-0.3, -0.25) is 3.96 Å². The van der Waals surface area contributed by atoms with E-state index in [9.17, 15) is 0 Å². The van der Waals surface area contributed by atoms with Crippen LogP contribution in [0.3, 0.4) is 0 Å². The highest BCUT2D eigenvalue weighted by molar-refractivity contribution is 7.71. The topological polar surface area (TPSA) is 17.8 Å². The van der Waals surface area contributed by atoms with Crippen molar-refractivity contribution < 1.29 is 0 Å². The largest absolute Gasteiger partial charge is 0.266 e. The lowest BCUT2D eigenvalue weighted by Crippen LogP contribution is -1.95. The summed E-state index contributed by atoms with van der Waals surface area (Å²) in [5.41, 5.74) is 3.22. The van der Waals surface area contributed by atoms with E-state index in [-0.39, 0.29) is 0 Å². The summed E-state index contributed by atoms with van der Waals surface area (Å²) in [4.78, 5) is 0. The predicted octanol–water partition coefficient (Wildman–Crippen LogP) is 4.39. The van der Waals surface area contributed by atoms with E-state index >= 15 is 0 Å². The lowest BCUT2D eigenvalue weighted by molar-refractivity contribution is 0.871. The molecule has 0 spiro atoms. The van der Waals surface area contributed by atoms with Gasteiger partial charge in [-0.15, -0.1) is 0 Å². The maximum atomic E-state index is 5.52. The first-order valence-electron chi connectivity index (χ1n) is 6.01. The smallest absolute Gasteiger partial charge is 0.144 e. The van der Waals surface area contributed by atoms with E-state index in [1.165, 1.54) is 17.3 Å². The first kappa shape index (κ1) is 12.3. The molecule has 0 fully saturated rings. The van der Waals surface area contributed by atoms with Crippen molar-refractivity contribution >= 4 is 23.9 Å². The molecule has 0 amide bonds. The van der Waals surface area contributed by atoms with E-state index in [4.69, 9.17) is 12.2 Å². The quantitative estimate of drug-likeness (QED) is 0.664. The second-order valence-electron chi connectivity index (χ2n) is 4.21. The van der Waals surface area contributed by atoms with Crippen LogP contribution in [-0.4, -0.2) is 8.33 Å². The Kier molecular flexibility index (Phi) is 3.53. The summed E-state index contributed by atoms with van der Waals surface area (Å²) < 4.78 is 7.34. The maximum Gasteiger partial charge on any atom is 0.144 e. The number of hydrogen-bond acceptors (Lipinski definition) is 3. The monoisotopic (exact) mass is 284 g/mol. The van der Waals surface area contributed by atoms with Gasteiger partial charge in [0.2, 0.25) is 0 Å². The molecule has 0 saturated heterocycles. The molecular weight excluding hydrogens is 272 g/mol. The third-order valence-corrected chi connectivity index (χ3v) is 4.18. The SMILES string of the molecule is S=c1c(-c2ccccc2)nsn1Cc1ccccc1. The average Bonchev–Trinajstić information content (AvgIpc) is 2.82. The van der Waals surface area contributed by atoms with Crippen LogP contribution in [-0.2, 0) is 6.54 Å². The van der Waals surface area contributed by atoms with Gasteiger partial charge in [-0.05, 0) is 5.56 Å². The minimum Gasteiger partial charge on any atom is -0.266 e. The molecule has 2 aromatic carbocycles. The molecule has 0 aliphatic heterocycles. The second-order valence-corrected chi connectivity index (χ2v) is 5.39. The van der Waals surface area contributed by atoms with Crippen molar-refractivity contribution in [3.63, 3.8) is 0 Å². The fourth-order valence-corrected chi connectivity index (χ4v) is 3.03. The van der Waals surface area contributed by atoms with Crippen molar-refractivity contribution in [2.45, 2.75) is 6.54 Å². The summed E-state index contributed by atoms with van der Waals surface area (Å²) in [7, 11) is 0. The van der Waals surface area contributed by atoms with E-state index in [0.717, 1.165) is 22.4 Å². The zero-order valence-electron chi connectivity index (χ0n) is 10.2. The van der Waals surface area contributed by atoms with E-state index in [1.807, 2.05) is 52.5 Å². The molecule has 1 aromatic heterocycles. The van der Waals surface area contributed by atoms with Gasteiger partial charge in [0.25, 0.3) is 0 Å². The van der Waals surface area contributed by atoms with Crippen LogP contribution < -0.4 is 0 Å². The van der Waals surface area contributed by atoms with Crippen LogP contribution in [0.4, 0.5) is 0 Å². The lowest BCUT2D eigenvalue weighted by Gasteiger charge is -2.00. The van der Waals surface area contributed by atoms with Gasteiger partial charge in [0.05, 0.1) is 6.54 Å². The Balaban J connectivity index is 1.94. The van der Waals surface area contributed by atoms with Crippen LogP contribution in [0.1, 0.15) is 5.56 Å². The highest BCUT2D eigenvalue weighted by Crippen LogP contribution is 2.21. The molecular formula is C15H12N2S2. The summed E-state index contributed by atoms with van der Waals surface area (Å²) >= 11 is 6.95. The molecule has 0 aliphatic carbocycles. The third-order valence-electron chi connectivity index (χ3n) is 2.88. The zero-order valence-corrected chi connectivity index (χ0v) is 11.8. The number of nitrogens with zero attached hydrogens (tertiary/aromatic N) is 2. The number of rotatable bonds is 3. The van der Waals surface area contributed by atoms with Gasteiger partial charge >= 0.3 is 0 Å². The molecule has 94 valence electrons. The molecule has 0 atom stereocenters. The minimum absolute atomic E-state index is 0.782. The van der Waals surface area contributed by atoms with Crippen LogP contribution in [0.25, 0.3) is 11.3 Å². The van der Waals surface area contributed by atoms with E-state index in [0.29, 0.717) is 0 Å². The summed E-state index contributed by atoms with van der Waals surface area (Å²) in [6.45, 7) is 0.782. The Morgan fingerprint density at radius 3 is 2.26 bits per heavy atom. The highest BCUT2D eigenvalue weighted by Gasteiger charge is 2.07. The molecule has 1 heterocycles. The molecule has 4 heteroatoms. The molecule has 0 saturated carbocycles. The Labute approximate surface area is 121 Å². The van der Waals surface area contributed by atoms with Gasteiger partial charge in [-0.2, -0.15) is 4.37 Å². The van der Waals surface area contributed by atoms with Gasteiger partial charge in [0, 0.05) is 17.3 Å². The van der Waals surface area contributed by atoms with Crippen LogP contribution in [0.2, 0.25) is 0 Å². The summed E-state index contributed by atoms with van der Waals surface area (Å²) in [6.07, 6.45) is 0. The number of aromatic nitrogens is 2. The van der Waals surface area contributed by atoms with Gasteiger partial charge in [-0.1, -0.05) is 72.9 Å². The zero-order chi connectivity index (χ0) is 13.1. The number of hydrogen-bond donors (Lipinski definition) is 0. The maximum absolute atomic E-state index is 5.52. The van der Waals surface area contributed by atoms with Crippen LogP contribution in [0, 0.1) is 4.64 Å². The van der Waals surface area contributed by atoms with Crippen molar-refractivity contribution in [2.24, 2.45) is 0 Å². The van der Waals surface area contributed by atoms with Crippen molar-refractivity contribution in [1.82, 2.24) is 8.33 Å². The first-order chi connectivity index (χ1) is 9.34. The molecule has 0 radical (unpaired) electrons. The van der Waals surface area contributed by atoms with E-state index in [2.05, 4.69) is 16.5 Å². The summed E-state index contributed by atoms with van der Waals surface area (Å²) in [5.74, 6) is 0. The van der Waals surface area contributed by atoms with Crippen LogP contribution in [0.5, 0.6) is 0 Å². The Hall–Kier alpha value is -1.78. The van der Waals surface area contributed by atoms with Crippen LogP contribution in [0.15, 0.2) is 60.7 Å². The number of benzene rings is 2. The standard InChI is InChI=1S/C15H12N2S2/c18-15-14(13-9-5-2-6-10-13)16-19-17(15)11-12-7-3-1-4-8-12/h1-10H,11H2. The Bertz CT molecular complexity index is 715. The van der Waals surface area contributed by atoms with Gasteiger partial charge in [-0.25, -0.2) is 0 Å². The van der Waals surface area contributed by atoms with Crippen LogP contribution >= 0.6 is 23.9 Å². The van der Waals surface area contributed by atoms with E-state index in [1.54, 1.807) is 0 Å². The van der Waals surface area contributed by atoms with Gasteiger partial charge in [0.15, 0.2) is 0 Å². The highest BCUT2D eigenvalue weighted by atomic mass is 32.1. The molecule has 3 rings (SSSR count). The fourth-order valence-electron chi connectivity index (χ4n) is 1.91. The van der Waals surface area contributed by atoms with Gasteiger partial charge < -0.3 is 0 Å².